The van der Waals surface area contributed by atoms with Gasteiger partial charge in [-0.3, -0.25) is 4.79 Å². The molecule has 0 aliphatic heterocycles. The van der Waals surface area contributed by atoms with E-state index in [9.17, 15) is 4.79 Å². The first-order valence-electron chi connectivity index (χ1n) is 8.95. The van der Waals surface area contributed by atoms with Crippen LogP contribution in [0.15, 0.2) is 0 Å². The smallest absolute Gasteiger partial charge is 0.310 e. The number of hydrogen-bond acceptors (Lipinski definition) is 3. The Bertz CT molecular complexity index is 342. The maximum absolute atomic E-state index is 12.6. The van der Waals surface area contributed by atoms with E-state index in [0.717, 1.165) is 32.1 Å². The van der Waals surface area contributed by atoms with Gasteiger partial charge >= 0.3 is 5.97 Å². The van der Waals surface area contributed by atoms with E-state index in [1.165, 1.54) is 19.3 Å². The van der Waals surface area contributed by atoms with Crippen LogP contribution in [0.4, 0.5) is 0 Å². The fraction of sp³-hybridized carbons (Fsp3) is 0.944. The van der Waals surface area contributed by atoms with Crippen LogP contribution in [0.2, 0.25) is 0 Å². The van der Waals surface area contributed by atoms with Crippen LogP contribution < -0.4 is 5.73 Å². The van der Waals surface area contributed by atoms with Crippen molar-refractivity contribution in [3.8, 4) is 0 Å². The van der Waals surface area contributed by atoms with Gasteiger partial charge in [-0.25, -0.2) is 0 Å². The van der Waals surface area contributed by atoms with Gasteiger partial charge in [-0.15, -0.1) is 0 Å². The van der Waals surface area contributed by atoms with Gasteiger partial charge in [-0.05, 0) is 43.4 Å². The fourth-order valence-electron chi connectivity index (χ4n) is 4.12. The third kappa shape index (κ3) is 4.45. The lowest BCUT2D eigenvalue weighted by atomic mass is 9.75. The average molecular weight is 295 g/mol. The van der Waals surface area contributed by atoms with Crippen LogP contribution in [0.5, 0.6) is 0 Å². The zero-order valence-corrected chi connectivity index (χ0v) is 14.0. The summed E-state index contributed by atoms with van der Waals surface area (Å²) in [5.41, 5.74) is 6.21. The average Bonchev–Trinajstić information content (AvgIpc) is 2.63. The summed E-state index contributed by atoms with van der Waals surface area (Å²) in [6, 6.07) is -0.00138. The molecule has 21 heavy (non-hydrogen) atoms. The summed E-state index contributed by atoms with van der Waals surface area (Å²) in [5.74, 6) is 1.68. The molecule has 2 aliphatic rings. The van der Waals surface area contributed by atoms with Gasteiger partial charge in [0.25, 0.3) is 0 Å². The van der Waals surface area contributed by atoms with Crippen molar-refractivity contribution < 1.29 is 9.53 Å². The monoisotopic (exact) mass is 295 g/mol. The molecule has 5 atom stereocenters. The normalized spacial score (nSPS) is 38.0. The maximum Gasteiger partial charge on any atom is 0.310 e. The summed E-state index contributed by atoms with van der Waals surface area (Å²) in [6.07, 6.45) is 8.93. The van der Waals surface area contributed by atoms with Gasteiger partial charge < -0.3 is 10.5 Å². The second kappa shape index (κ2) is 7.62. The first-order chi connectivity index (χ1) is 9.99. The second-order valence-electron chi connectivity index (χ2n) is 7.71. The lowest BCUT2D eigenvalue weighted by Crippen LogP contribution is -2.41. The highest BCUT2D eigenvalue weighted by Gasteiger charge is 2.36. The highest BCUT2D eigenvalue weighted by Crippen LogP contribution is 2.36. The summed E-state index contributed by atoms with van der Waals surface area (Å²) in [4.78, 5) is 12.6. The number of ether oxygens (including phenoxy) is 1. The van der Waals surface area contributed by atoms with Crippen molar-refractivity contribution in [1.29, 1.82) is 0 Å². The molecule has 0 heterocycles. The highest BCUT2D eigenvalue weighted by molar-refractivity contribution is 5.73. The molecule has 0 bridgehead atoms. The minimum absolute atomic E-state index is 0.00138. The van der Waals surface area contributed by atoms with Gasteiger partial charge in [0.1, 0.15) is 6.10 Å². The van der Waals surface area contributed by atoms with Crippen LogP contribution in [0.25, 0.3) is 0 Å². The van der Waals surface area contributed by atoms with Gasteiger partial charge in [0.15, 0.2) is 0 Å². The molecule has 2 rings (SSSR count). The van der Waals surface area contributed by atoms with Gasteiger partial charge in [0.05, 0.1) is 5.92 Å². The summed E-state index contributed by atoms with van der Waals surface area (Å²) < 4.78 is 5.98. The van der Waals surface area contributed by atoms with E-state index < -0.39 is 0 Å². The molecule has 0 aromatic heterocycles. The minimum Gasteiger partial charge on any atom is -0.462 e. The molecule has 0 aromatic carbocycles. The summed E-state index contributed by atoms with van der Waals surface area (Å²) >= 11 is 0. The minimum atomic E-state index is -0.0717. The summed E-state index contributed by atoms with van der Waals surface area (Å²) in [7, 11) is 0. The Labute approximate surface area is 130 Å². The topological polar surface area (TPSA) is 52.3 Å². The van der Waals surface area contributed by atoms with Gasteiger partial charge in [-0.1, -0.05) is 46.5 Å². The molecule has 0 radical (unpaired) electrons. The molecule has 2 fully saturated rings. The molecule has 5 unspecified atom stereocenters. The molecule has 2 aliphatic carbocycles. The van der Waals surface area contributed by atoms with Crippen LogP contribution in [0.3, 0.4) is 0 Å². The van der Waals surface area contributed by atoms with Crippen molar-refractivity contribution in [3.05, 3.63) is 0 Å². The van der Waals surface area contributed by atoms with E-state index in [0.29, 0.717) is 17.8 Å². The summed E-state index contributed by atoms with van der Waals surface area (Å²) in [6.45, 7) is 6.77. The Morgan fingerprint density at radius 2 is 1.81 bits per heavy atom. The Kier molecular flexibility index (Phi) is 6.09. The van der Waals surface area contributed by atoms with E-state index in [-0.39, 0.29) is 24.0 Å². The largest absolute Gasteiger partial charge is 0.462 e. The number of esters is 1. The van der Waals surface area contributed by atoms with Gasteiger partial charge in [0.2, 0.25) is 0 Å². The molecule has 2 N–H and O–H groups in total. The Hall–Kier alpha value is -0.570. The van der Waals surface area contributed by atoms with E-state index in [2.05, 4.69) is 20.8 Å². The van der Waals surface area contributed by atoms with Gasteiger partial charge in [-0.2, -0.15) is 0 Å². The predicted molar refractivity (Wildman–Crippen MR) is 85.8 cm³/mol. The zero-order valence-electron chi connectivity index (χ0n) is 14.0. The van der Waals surface area contributed by atoms with Crippen molar-refractivity contribution in [2.24, 2.45) is 29.4 Å². The van der Waals surface area contributed by atoms with Crippen LogP contribution in [0.1, 0.15) is 72.1 Å². The Morgan fingerprint density at radius 3 is 2.52 bits per heavy atom. The molecule has 0 spiro atoms. The van der Waals surface area contributed by atoms with Crippen molar-refractivity contribution in [3.63, 3.8) is 0 Å². The lowest BCUT2D eigenvalue weighted by molar-refractivity contribution is -0.162. The van der Waals surface area contributed by atoms with E-state index >= 15 is 0 Å². The number of carbonyl (C=O) groups is 1. The first-order valence-corrected chi connectivity index (χ1v) is 8.95. The maximum atomic E-state index is 12.6. The number of nitrogens with two attached hydrogens (primary N) is 1. The SMILES string of the molecule is CC1CCC(C(C)C)C(OC(=O)C2CCCCCC2N)C1. The van der Waals surface area contributed by atoms with E-state index in [4.69, 9.17) is 10.5 Å². The summed E-state index contributed by atoms with van der Waals surface area (Å²) in [5, 5.41) is 0. The van der Waals surface area contributed by atoms with Crippen LogP contribution in [-0.2, 0) is 9.53 Å². The van der Waals surface area contributed by atoms with Crippen LogP contribution in [-0.4, -0.2) is 18.1 Å². The van der Waals surface area contributed by atoms with Crippen molar-refractivity contribution >= 4 is 5.97 Å². The van der Waals surface area contributed by atoms with Gasteiger partial charge in [0, 0.05) is 6.04 Å². The third-order valence-corrected chi connectivity index (χ3v) is 5.60. The molecule has 122 valence electrons. The molecule has 3 heteroatoms. The molecule has 2 saturated carbocycles. The van der Waals surface area contributed by atoms with Crippen LogP contribution >= 0.6 is 0 Å². The fourth-order valence-corrected chi connectivity index (χ4v) is 4.12. The predicted octanol–water partition coefficient (Wildman–Crippen LogP) is 3.90. The lowest BCUT2D eigenvalue weighted by Gasteiger charge is -2.37. The van der Waals surface area contributed by atoms with Crippen molar-refractivity contribution in [2.45, 2.75) is 84.3 Å². The number of rotatable bonds is 3. The molecule has 3 nitrogen and oxygen atoms in total. The molecule has 0 saturated heterocycles. The van der Waals surface area contributed by atoms with Crippen molar-refractivity contribution in [1.82, 2.24) is 0 Å². The van der Waals surface area contributed by atoms with Crippen molar-refractivity contribution in [2.75, 3.05) is 0 Å². The molecular weight excluding hydrogens is 262 g/mol. The van der Waals surface area contributed by atoms with Crippen LogP contribution in [0, 0.1) is 23.7 Å². The molecule has 0 aromatic rings. The Balaban J connectivity index is 1.98. The molecular formula is C18H33NO2. The van der Waals surface area contributed by atoms with E-state index in [1.807, 2.05) is 0 Å². The first kappa shape index (κ1) is 16.8. The third-order valence-electron chi connectivity index (χ3n) is 5.60. The Morgan fingerprint density at radius 1 is 1.10 bits per heavy atom. The number of hydrogen-bond donors (Lipinski definition) is 1. The van der Waals surface area contributed by atoms with E-state index in [1.54, 1.807) is 0 Å². The highest BCUT2D eigenvalue weighted by atomic mass is 16.5. The standard InChI is InChI=1S/C18H33NO2/c1-12(2)14-10-9-13(3)11-17(14)21-18(20)15-7-5-4-6-8-16(15)19/h12-17H,4-11,19H2,1-3H3. The second-order valence-corrected chi connectivity index (χ2v) is 7.71. The molecule has 0 amide bonds. The zero-order chi connectivity index (χ0) is 15.4. The quantitative estimate of drug-likeness (QED) is 0.634. The number of carbonyl (C=O) groups excluding carboxylic acids is 1.